The Labute approximate surface area is 106 Å². The van der Waals surface area contributed by atoms with Crippen LogP contribution >= 0.6 is 0 Å². The van der Waals surface area contributed by atoms with E-state index in [9.17, 15) is 9.59 Å². The van der Waals surface area contributed by atoms with E-state index in [0.29, 0.717) is 13.1 Å². The summed E-state index contributed by atoms with van der Waals surface area (Å²) in [4.78, 5) is 24.4. The number of benzene rings is 1. The largest absolute Gasteiger partial charge is 0.330 e. The second-order valence-corrected chi connectivity index (χ2v) is 4.48. The first-order valence-corrected chi connectivity index (χ1v) is 5.99. The molecule has 0 radical (unpaired) electrons. The maximum Gasteiger partial charge on any atom is 0.240 e. The maximum absolute atomic E-state index is 11.3. The minimum atomic E-state index is -0.241. The van der Waals surface area contributed by atoms with Crippen LogP contribution in [0.4, 0.5) is 0 Å². The fraction of sp³-hybridized carbons (Fsp3) is 0.385. The highest BCUT2D eigenvalue weighted by molar-refractivity contribution is 5.99. The minimum absolute atomic E-state index is 0.143. The normalized spacial score (nSPS) is 18.5. The van der Waals surface area contributed by atoms with E-state index in [1.54, 1.807) is 0 Å². The number of carbonyl (C=O) groups excluding carboxylic acids is 2. The molecule has 5 nitrogen and oxygen atoms in total. The fourth-order valence-electron chi connectivity index (χ4n) is 2.18. The molecule has 1 aromatic carbocycles. The molecule has 1 fully saturated rings. The van der Waals surface area contributed by atoms with Crippen LogP contribution in [0.3, 0.4) is 0 Å². The number of nitrogens with two attached hydrogens (primary N) is 1. The second-order valence-electron chi connectivity index (χ2n) is 4.48. The SMILES string of the molecule is NCC(CN1CC(=O)NC(=O)C1)c1ccccc1. The van der Waals surface area contributed by atoms with E-state index in [2.05, 4.69) is 5.32 Å². The molecule has 1 unspecified atom stereocenters. The zero-order chi connectivity index (χ0) is 13.0. The van der Waals surface area contributed by atoms with Crippen molar-refractivity contribution >= 4 is 11.8 Å². The second kappa shape index (κ2) is 5.75. The van der Waals surface area contributed by atoms with E-state index in [-0.39, 0.29) is 30.8 Å². The number of hydrogen-bond donors (Lipinski definition) is 2. The number of rotatable bonds is 4. The molecule has 3 N–H and O–H groups in total. The van der Waals surface area contributed by atoms with Gasteiger partial charge in [-0.05, 0) is 5.56 Å². The Morgan fingerprint density at radius 3 is 2.33 bits per heavy atom. The summed E-state index contributed by atoms with van der Waals surface area (Å²) >= 11 is 0. The molecular weight excluding hydrogens is 230 g/mol. The van der Waals surface area contributed by atoms with Crippen LogP contribution in [-0.4, -0.2) is 42.9 Å². The highest BCUT2D eigenvalue weighted by Crippen LogP contribution is 2.16. The van der Waals surface area contributed by atoms with Crippen molar-refractivity contribution in [2.75, 3.05) is 26.2 Å². The van der Waals surface area contributed by atoms with Gasteiger partial charge >= 0.3 is 0 Å². The van der Waals surface area contributed by atoms with Crippen LogP contribution in [0.15, 0.2) is 30.3 Å². The van der Waals surface area contributed by atoms with Gasteiger partial charge in [0.2, 0.25) is 11.8 Å². The highest BCUT2D eigenvalue weighted by atomic mass is 16.2. The standard InChI is InChI=1S/C13H17N3O2/c14-6-11(10-4-2-1-3-5-10)7-16-8-12(17)15-13(18)9-16/h1-5,11H,6-9,14H2,(H,15,17,18). The molecule has 5 heteroatoms. The molecule has 0 saturated carbocycles. The monoisotopic (exact) mass is 247 g/mol. The molecule has 18 heavy (non-hydrogen) atoms. The van der Waals surface area contributed by atoms with Crippen LogP contribution in [0.1, 0.15) is 11.5 Å². The minimum Gasteiger partial charge on any atom is -0.330 e. The fourth-order valence-corrected chi connectivity index (χ4v) is 2.18. The quantitative estimate of drug-likeness (QED) is 0.715. The van der Waals surface area contributed by atoms with Gasteiger partial charge < -0.3 is 5.73 Å². The Morgan fingerprint density at radius 2 is 1.78 bits per heavy atom. The van der Waals surface area contributed by atoms with Crippen molar-refractivity contribution in [3.05, 3.63) is 35.9 Å². The van der Waals surface area contributed by atoms with Gasteiger partial charge in [0.1, 0.15) is 0 Å². The summed E-state index contributed by atoms with van der Waals surface area (Å²) in [6, 6.07) is 9.92. The highest BCUT2D eigenvalue weighted by Gasteiger charge is 2.24. The van der Waals surface area contributed by atoms with Crippen LogP contribution in [-0.2, 0) is 9.59 Å². The molecule has 1 atom stereocenters. The summed E-state index contributed by atoms with van der Waals surface area (Å²) in [7, 11) is 0. The summed E-state index contributed by atoms with van der Waals surface area (Å²) in [5.41, 5.74) is 6.92. The average Bonchev–Trinajstić information content (AvgIpc) is 2.36. The summed E-state index contributed by atoms with van der Waals surface area (Å²) in [6.45, 7) is 1.64. The van der Waals surface area contributed by atoms with Gasteiger partial charge in [0.15, 0.2) is 0 Å². The lowest BCUT2D eigenvalue weighted by Gasteiger charge is -2.28. The van der Waals surface area contributed by atoms with E-state index >= 15 is 0 Å². The van der Waals surface area contributed by atoms with E-state index in [1.165, 1.54) is 0 Å². The van der Waals surface area contributed by atoms with Crippen molar-refractivity contribution in [2.45, 2.75) is 5.92 Å². The van der Waals surface area contributed by atoms with Gasteiger partial charge in [0.05, 0.1) is 13.1 Å². The van der Waals surface area contributed by atoms with Crippen LogP contribution in [0, 0.1) is 0 Å². The van der Waals surface area contributed by atoms with Crippen LogP contribution in [0.2, 0.25) is 0 Å². The molecule has 0 aromatic heterocycles. The molecule has 1 heterocycles. The van der Waals surface area contributed by atoms with Gasteiger partial charge in [0.25, 0.3) is 0 Å². The maximum atomic E-state index is 11.3. The van der Waals surface area contributed by atoms with Gasteiger partial charge in [-0.3, -0.25) is 19.8 Å². The number of imide groups is 1. The van der Waals surface area contributed by atoms with Gasteiger partial charge in [-0.2, -0.15) is 0 Å². The van der Waals surface area contributed by atoms with Gasteiger partial charge in [0, 0.05) is 19.0 Å². The predicted octanol–water partition coefficient (Wildman–Crippen LogP) is -0.313. The van der Waals surface area contributed by atoms with Gasteiger partial charge in [-0.1, -0.05) is 30.3 Å². The molecule has 0 aliphatic carbocycles. The number of amides is 2. The van der Waals surface area contributed by atoms with E-state index in [1.807, 2.05) is 35.2 Å². The molecule has 1 aliphatic rings. The van der Waals surface area contributed by atoms with Crippen LogP contribution < -0.4 is 11.1 Å². The third-order valence-corrected chi connectivity index (χ3v) is 3.05. The number of hydrogen-bond acceptors (Lipinski definition) is 4. The van der Waals surface area contributed by atoms with Crippen molar-refractivity contribution in [2.24, 2.45) is 5.73 Å². The van der Waals surface area contributed by atoms with E-state index < -0.39 is 0 Å². The predicted molar refractivity (Wildman–Crippen MR) is 67.8 cm³/mol. The topological polar surface area (TPSA) is 75.4 Å². The lowest BCUT2D eigenvalue weighted by atomic mass is 9.98. The number of piperazine rings is 1. The lowest BCUT2D eigenvalue weighted by Crippen LogP contribution is -2.52. The molecular formula is C13H17N3O2. The molecule has 2 amide bonds. The van der Waals surface area contributed by atoms with Crippen molar-refractivity contribution < 1.29 is 9.59 Å². The Hall–Kier alpha value is -1.72. The first kappa shape index (κ1) is 12.7. The Morgan fingerprint density at radius 1 is 1.17 bits per heavy atom. The third kappa shape index (κ3) is 3.15. The smallest absolute Gasteiger partial charge is 0.240 e. The van der Waals surface area contributed by atoms with Crippen molar-refractivity contribution in [3.63, 3.8) is 0 Å². The van der Waals surface area contributed by atoms with Crippen LogP contribution in [0.5, 0.6) is 0 Å². The molecule has 1 aromatic rings. The average molecular weight is 247 g/mol. The van der Waals surface area contributed by atoms with E-state index in [4.69, 9.17) is 5.73 Å². The van der Waals surface area contributed by atoms with Gasteiger partial charge in [-0.15, -0.1) is 0 Å². The molecule has 0 spiro atoms. The molecule has 0 bridgehead atoms. The number of nitrogens with zero attached hydrogens (tertiary/aromatic N) is 1. The summed E-state index contributed by atoms with van der Waals surface area (Å²) in [5.74, 6) is -0.338. The number of carbonyl (C=O) groups is 2. The molecule has 96 valence electrons. The Bertz CT molecular complexity index is 417. The van der Waals surface area contributed by atoms with Crippen LogP contribution in [0.25, 0.3) is 0 Å². The zero-order valence-corrected chi connectivity index (χ0v) is 10.1. The number of nitrogens with one attached hydrogen (secondary N) is 1. The Balaban J connectivity index is 2.02. The van der Waals surface area contributed by atoms with Gasteiger partial charge in [-0.25, -0.2) is 0 Å². The Kier molecular flexibility index (Phi) is 4.07. The van der Waals surface area contributed by atoms with Crippen molar-refractivity contribution in [1.29, 1.82) is 0 Å². The summed E-state index contributed by atoms with van der Waals surface area (Å²) < 4.78 is 0. The van der Waals surface area contributed by atoms with E-state index in [0.717, 1.165) is 5.56 Å². The molecule has 2 rings (SSSR count). The summed E-state index contributed by atoms with van der Waals surface area (Å²) in [6.07, 6.45) is 0. The van der Waals surface area contributed by atoms with Crippen molar-refractivity contribution in [3.8, 4) is 0 Å². The molecule has 1 saturated heterocycles. The zero-order valence-electron chi connectivity index (χ0n) is 10.1. The lowest BCUT2D eigenvalue weighted by molar-refractivity contribution is -0.136. The molecule has 1 aliphatic heterocycles. The summed E-state index contributed by atoms with van der Waals surface area (Å²) in [5, 5.41) is 2.29. The first-order chi connectivity index (χ1) is 8.69. The van der Waals surface area contributed by atoms with Crippen molar-refractivity contribution in [1.82, 2.24) is 10.2 Å². The third-order valence-electron chi connectivity index (χ3n) is 3.05. The first-order valence-electron chi connectivity index (χ1n) is 5.99.